The third-order valence-corrected chi connectivity index (χ3v) is 2.84. The number of hydrogen-bond acceptors (Lipinski definition) is 3. The number of aliphatic hydroxyl groups excluding tert-OH is 1. The molecule has 0 bridgehead atoms. The largest absolute Gasteiger partial charge is 0.487 e. The molecule has 1 N–H and O–H groups in total. The van der Waals surface area contributed by atoms with Gasteiger partial charge in [-0.05, 0) is 18.2 Å². The van der Waals surface area contributed by atoms with Crippen LogP contribution in [0.3, 0.4) is 0 Å². The van der Waals surface area contributed by atoms with Gasteiger partial charge in [0, 0.05) is 12.0 Å². The van der Waals surface area contributed by atoms with Gasteiger partial charge in [-0.25, -0.2) is 4.39 Å². The minimum atomic E-state index is -0.654. The first kappa shape index (κ1) is 9.12. The van der Waals surface area contributed by atoms with Crippen molar-refractivity contribution < 1.29 is 19.0 Å². The number of halogens is 1. The Hall–Kier alpha value is -1.13. The molecule has 80 valence electrons. The Kier molecular flexibility index (Phi) is 1.94. The molecule has 0 amide bonds. The summed E-state index contributed by atoms with van der Waals surface area (Å²) in [5, 5.41) is 9.83. The maximum atomic E-state index is 12.9. The first-order valence-electron chi connectivity index (χ1n) is 5.00. The average Bonchev–Trinajstić information content (AvgIpc) is 3.02. The van der Waals surface area contributed by atoms with E-state index in [1.807, 2.05) is 0 Å². The highest BCUT2D eigenvalue weighted by Gasteiger charge is 2.39. The predicted octanol–water partition coefficient (Wildman–Crippen LogP) is 1.41. The molecule has 2 heterocycles. The second-order valence-electron chi connectivity index (χ2n) is 3.96. The highest BCUT2D eigenvalue weighted by atomic mass is 19.1. The van der Waals surface area contributed by atoms with Gasteiger partial charge in [0.05, 0.1) is 12.7 Å². The Morgan fingerprint density at radius 1 is 1.33 bits per heavy atom. The highest BCUT2D eigenvalue weighted by molar-refractivity contribution is 5.37. The third-order valence-electron chi connectivity index (χ3n) is 2.84. The fourth-order valence-corrected chi connectivity index (χ4v) is 1.94. The van der Waals surface area contributed by atoms with Crippen LogP contribution in [0.15, 0.2) is 18.2 Å². The lowest BCUT2D eigenvalue weighted by molar-refractivity contribution is 0.0504. The van der Waals surface area contributed by atoms with Crippen LogP contribution in [-0.4, -0.2) is 23.9 Å². The fraction of sp³-hybridized carbons (Fsp3) is 0.455. The smallest absolute Gasteiger partial charge is 0.130 e. The standard InChI is InChI=1S/C11H11FO3/c12-6-1-2-9-7(3-6)8(13)4-10(15-9)11-5-14-11/h1-3,8,10-11,13H,4-5H2/t8?,10-,11-/m0/s1. The van der Waals surface area contributed by atoms with E-state index < -0.39 is 6.10 Å². The lowest BCUT2D eigenvalue weighted by Crippen LogP contribution is -2.30. The summed E-state index contributed by atoms with van der Waals surface area (Å²) < 4.78 is 23.7. The van der Waals surface area contributed by atoms with Gasteiger partial charge in [-0.15, -0.1) is 0 Å². The number of aliphatic hydroxyl groups is 1. The van der Waals surface area contributed by atoms with Gasteiger partial charge in [-0.1, -0.05) is 0 Å². The molecule has 1 aromatic carbocycles. The molecule has 4 heteroatoms. The maximum Gasteiger partial charge on any atom is 0.130 e. The number of rotatable bonds is 1. The third kappa shape index (κ3) is 1.60. The van der Waals surface area contributed by atoms with Gasteiger partial charge in [0.25, 0.3) is 0 Å². The zero-order chi connectivity index (χ0) is 10.4. The average molecular weight is 210 g/mol. The van der Waals surface area contributed by atoms with Gasteiger partial charge in [0.2, 0.25) is 0 Å². The number of ether oxygens (including phenoxy) is 2. The van der Waals surface area contributed by atoms with E-state index >= 15 is 0 Å². The Bertz CT molecular complexity index is 389. The lowest BCUT2D eigenvalue weighted by atomic mass is 9.97. The normalized spacial score (nSPS) is 33.1. The van der Waals surface area contributed by atoms with Gasteiger partial charge in [0.1, 0.15) is 23.8 Å². The molecule has 3 atom stereocenters. The highest BCUT2D eigenvalue weighted by Crippen LogP contribution is 2.38. The van der Waals surface area contributed by atoms with E-state index in [2.05, 4.69) is 0 Å². The zero-order valence-electron chi connectivity index (χ0n) is 8.02. The molecule has 1 aromatic rings. The Morgan fingerprint density at radius 3 is 2.87 bits per heavy atom. The molecular weight excluding hydrogens is 199 g/mol. The molecule has 0 aliphatic carbocycles. The van der Waals surface area contributed by atoms with E-state index in [0.717, 1.165) is 0 Å². The van der Waals surface area contributed by atoms with Crippen LogP contribution in [0.5, 0.6) is 5.75 Å². The van der Waals surface area contributed by atoms with Crippen LogP contribution in [-0.2, 0) is 4.74 Å². The second kappa shape index (κ2) is 3.18. The van der Waals surface area contributed by atoms with Gasteiger partial charge in [-0.2, -0.15) is 0 Å². The second-order valence-corrected chi connectivity index (χ2v) is 3.96. The van der Waals surface area contributed by atoms with Crippen molar-refractivity contribution in [1.82, 2.24) is 0 Å². The van der Waals surface area contributed by atoms with Crippen molar-refractivity contribution in [1.29, 1.82) is 0 Å². The van der Waals surface area contributed by atoms with E-state index in [4.69, 9.17) is 9.47 Å². The molecule has 0 radical (unpaired) electrons. The summed E-state index contributed by atoms with van der Waals surface area (Å²) in [5.74, 6) is 0.216. The van der Waals surface area contributed by atoms with Crippen molar-refractivity contribution in [3.8, 4) is 5.75 Å². The minimum absolute atomic E-state index is 0.0952. The van der Waals surface area contributed by atoms with E-state index in [1.54, 1.807) is 6.07 Å². The summed E-state index contributed by atoms with van der Waals surface area (Å²) in [4.78, 5) is 0. The van der Waals surface area contributed by atoms with Crippen molar-refractivity contribution in [3.05, 3.63) is 29.6 Å². The molecule has 0 saturated carbocycles. The van der Waals surface area contributed by atoms with Crippen molar-refractivity contribution in [2.45, 2.75) is 24.7 Å². The Morgan fingerprint density at radius 2 is 2.13 bits per heavy atom. The number of hydrogen-bond donors (Lipinski definition) is 1. The van der Waals surface area contributed by atoms with Crippen LogP contribution in [0.2, 0.25) is 0 Å². The fourth-order valence-electron chi connectivity index (χ4n) is 1.94. The molecule has 2 aliphatic heterocycles. The molecule has 1 unspecified atom stereocenters. The van der Waals surface area contributed by atoms with Crippen molar-refractivity contribution in [3.63, 3.8) is 0 Å². The van der Waals surface area contributed by atoms with Crippen LogP contribution in [0.4, 0.5) is 4.39 Å². The molecular formula is C11H11FO3. The van der Waals surface area contributed by atoms with Gasteiger partial charge >= 0.3 is 0 Å². The zero-order valence-corrected chi connectivity index (χ0v) is 8.02. The summed E-state index contributed by atoms with van der Waals surface area (Å²) in [6.07, 6.45) is -0.185. The molecule has 3 nitrogen and oxygen atoms in total. The number of benzene rings is 1. The van der Waals surface area contributed by atoms with E-state index in [1.165, 1.54) is 12.1 Å². The lowest BCUT2D eigenvalue weighted by Gasteiger charge is -2.28. The van der Waals surface area contributed by atoms with E-state index in [-0.39, 0.29) is 18.0 Å². The van der Waals surface area contributed by atoms with Crippen LogP contribution < -0.4 is 4.74 Å². The van der Waals surface area contributed by atoms with Crippen LogP contribution in [0.25, 0.3) is 0 Å². The van der Waals surface area contributed by atoms with Crippen LogP contribution in [0.1, 0.15) is 18.1 Å². The van der Waals surface area contributed by atoms with E-state index in [0.29, 0.717) is 24.3 Å². The summed E-state index contributed by atoms with van der Waals surface area (Å²) >= 11 is 0. The topological polar surface area (TPSA) is 42.0 Å². The van der Waals surface area contributed by atoms with Crippen molar-refractivity contribution >= 4 is 0 Å². The quantitative estimate of drug-likeness (QED) is 0.712. The number of fused-ring (bicyclic) bond motifs is 1. The first-order valence-corrected chi connectivity index (χ1v) is 5.00. The molecule has 15 heavy (non-hydrogen) atoms. The van der Waals surface area contributed by atoms with E-state index in [9.17, 15) is 9.50 Å². The summed E-state index contributed by atoms with van der Waals surface area (Å²) in [6.45, 7) is 0.688. The first-order chi connectivity index (χ1) is 7.24. The predicted molar refractivity (Wildman–Crippen MR) is 50.1 cm³/mol. The summed E-state index contributed by atoms with van der Waals surface area (Å²) in [6, 6.07) is 4.22. The van der Waals surface area contributed by atoms with Gasteiger partial charge < -0.3 is 14.6 Å². The molecule has 3 rings (SSSR count). The van der Waals surface area contributed by atoms with Crippen molar-refractivity contribution in [2.75, 3.05) is 6.61 Å². The maximum absolute atomic E-state index is 12.9. The molecule has 0 spiro atoms. The van der Waals surface area contributed by atoms with Gasteiger partial charge in [-0.3, -0.25) is 0 Å². The molecule has 2 aliphatic rings. The van der Waals surface area contributed by atoms with Crippen molar-refractivity contribution in [2.24, 2.45) is 0 Å². The summed E-state index contributed by atoms with van der Waals surface area (Å²) in [7, 11) is 0. The van der Waals surface area contributed by atoms with Crippen LogP contribution >= 0.6 is 0 Å². The SMILES string of the molecule is OC1C[C@@H]([C@@H]2CO2)Oc2ccc(F)cc21. The Balaban J connectivity index is 1.93. The molecule has 1 saturated heterocycles. The molecule has 1 fully saturated rings. The monoisotopic (exact) mass is 210 g/mol. The minimum Gasteiger partial charge on any atom is -0.487 e. The Labute approximate surface area is 86.4 Å². The molecule has 0 aromatic heterocycles. The van der Waals surface area contributed by atoms with Gasteiger partial charge in [0.15, 0.2) is 0 Å². The summed E-state index contributed by atoms with van der Waals surface area (Å²) in [5.41, 5.74) is 0.534. The van der Waals surface area contributed by atoms with Crippen LogP contribution in [0, 0.1) is 5.82 Å². The number of epoxide rings is 1.